The average Bonchev–Trinajstić information content (AvgIpc) is 3.12. The molecule has 0 aliphatic rings. The van der Waals surface area contributed by atoms with Crippen molar-refractivity contribution in [1.29, 1.82) is 0 Å². The lowest BCUT2D eigenvalue weighted by atomic mass is 10.2. The van der Waals surface area contributed by atoms with Crippen LogP contribution in [0.4, 0.5) is 4.79 Å². The van der Waals surface area contributed by atoms with E-state index in [0.29, 0.717) is 6.54 Å². The summed E-state index contributed by atoms with van der Waals surface area (Å²) in [5.41, 5.74) is 2.11. The Kier molecular flexibility index (Phi) is 5.94. The highest BCUT2D eigenvalue weighted by Gasteiger charge is 2.12. The number of aryl methyl sites for hydroxylation is 3. The fourth-order valence-corrected chi connectivity index (χ4v) is 2.94. The van der Waals surface area contributed by atoms with Crippen LogP contribution in [-0.2, 0) is 19.9 Å². The highest BCUT2D eigenvalue weighted by Crippen LogP contribution is 2.16. The number of urea groups is 1. The van der Waals surface area contributed by atoms with E-state index in [4.69, 9.17) is 0 Å². The Morgan fingerprint density at radius 2 is 2.32 bits per heavy atom. The molecule has 0 bridgehead atoms. The van der Waals surface area contributed by atoms with E-state index < -0.39 is 0 Å². The van der Waals surface area contributed by atoms with Crippen molar-refractivity contribution in [3.63, 3.8) is 0 Å². The van der Waals surface area contributed by atoms with Crippen LogP contribution in [0.3, 0.4) is 0 Å². The van der Waals surface area contributed by atoms with Crippen LogP contribution in [-0.4, -0.2) is 27.3 Å². The minimum Gasteiger partial charge on any atom is -0.338 e. The van der Waals surface area contributed by atoms with Crippen LogP contribution in [0.2, 0.25) is 0 Å². The minimum absolute atomic E-state index is 0.0742. The second-order valence-corrected chi connectivity index (χ2v) is 6.21. The summed E-state index contributed by atoms with van der Waals surface area (Å²) in [6.07, 6.45) is 6.59. The van der Waals surface area contributed by atoms with Gasteiger partial charge in [-0.2, -0.15) is 5.10 Å². The zero-order valence-electron chi connectivity index (χ0n) is 13.3. The standard InChI is InChI=1S/C15H23N5OS/c1-4-14-19-13(10-22-14)11(2)18-15(21)16-7-5-6-12-8-17-20(3)9-12/h8-11H,4-7H2,1-3H3,(H2,16,18,21)/t11-/m1/s1. The van der Waals surface area contributed by atoms with Crippen LogP contribution in [0, 0.1) is 0 Å². The third-order valence-electron chi connectivity index (χ3n) is 3.35. The topological polar surface area (TPSA) is 71.8 Å². The number of hydrogen-bond donors (Lipinski definition) is 2. The molecule has 2 aromatic heterocycles. The van der Waals surface area contributed by atoms with Gasteiger partial charge in [0, 0.05) is 25.2 Å². The van der Waals surface area contributed by atoms with Crippen molar-refractivity contribution in [2.45, 2.75) is 39.2 Å². The lowest BCUT2D eigenvalue weighted by Gasteiger charge is -2.12. The summed E-state index contributed by atoms with van der Waals surface area (Å²) in [5.74, 6) is 0. The summed E-state index contributed by atoms with van der Waals surface area (Å²) in [4.78, 5) is 16.3. The largest absolute Gasteiger partial charge is 0.338 e. The first-order valence-electron chi connectivity index (χ1n) is 7.54. The van der Waals surface area contributed by atoms with Crippen LogP contribution in [0.1, 0.15) is 42.6 Å². The van der Waals surface area contributed by atoms with Crippen LogP contribution in [0.25, 0.3) is 0 Å². The van der Waals surface area contributed by atoms with E-state index in [1.807, 2.05) is 31.7 Å². The van der Waals surface area contributed by atoms with Gasteiger partial charge in [-0.3, -0.25) is 4.68 Å². The molecule has 0 spiro atoms. The summed E-state index contributed by atoms with van der Waals surface area (Å²) >= 11 is 1.64. The Labute approximate surface area is 135 Å². The Balaban J connectivity index is 1.66. The maximum absolute atomic E-state index is 11.9. The van der Waals surface area contributed by atoms with Crippen molar-refractivity contribution in [3.05, 3.63) is 34.0 Å². The molecule has 1 atom stereocenters. The maximum Gasteiger partial charge on any atom is 0.315 e. The molecular weight excluding hydrogens is 298 g/mol. The third-order valence-corrected chi connectivity index (χ3v) is 4.36. The van der Waals surface area contributed by atoms with Crippen LogP contribution in [0.5, 0.6) is 0 Å². The van der Waals surface area contributed by atoms with Crippen LogP contribution < -0.4 is 10.6 Å². The summed E-state index contributed by atoms with van der Waals surface area (Å²) in [6.45, 7) is 4.67. The minimum atomic E-state index is -0.148. The molecule has 2 rings (SSSR count). The SMILES string of the molecule is CCc1nc([C@@H](C)NC(=O)NCCCc2cnn(C)c2)cs1. The Morgan fingerprint density at radius 3 is 2.95 bits per heavy atom. The fourth-order valence-electron chi connectivity index (χ4n) is 2.10. The lowest BCUT2D eigenvalue weighted by Crippen LogP contribution is -2.37. The molecule has 6 nitrogen and oxygen atoms in total. The van der Waals surface area contributed by atoms with Gasteiger partial charge in [0.2, 0.25) is 0 Å². The highest BCUT2D eigenvalue weighted by atomic mass is 32.1. The maximum atomic E-state index is 11.9. The van der Waals surface area contributed by atoms with Gasteiger partial charge in [0.25, 0.3) is 0 Å². The average molecular weight is 321 g/mol. The van der Waals surface area contributed by atoms with Crippen molar-refractivity contribution in [2.75, 3.05) is 6.54 Å². The zero-order valence-corrected chi connectivity index (χ0v) is 14.1. The number of nitrogens with one attached hydrogen (secondary N) is 2. The van der Waals surface area contributed by atoms with Gasteiger partial charge in [-0.15, -0.1) is 11.3 Å². The second-order valence-electron chi connectivity index (χ2n) is 5.27. The molecule has 0 saturated carbocycles. The molecule has 0 aliphatic heterocycles. The number of amides is 2. The van der Waals surface area contributed by atoms with Crippen molar-refractivity contribution in [1.82, 2.24) is 25.4 Å². The molecule has 0 aromatic carbocycles. The van der Waals surface area contributed by atoms with Gasteiger partial charge in [0.15, 0.2) is 0 Å². The quantitative estimate of drug-likeness (QED) is 0.769. The van der Waals surface area contributed by atoms with E-state index >= 15 is 0 Å². The molecule has 120 valence electrons. The molecule has 22 heavy (non-hydrogen) atoms. The van der Waals surface area contributed by atoms with E-state index in [1.54, 1.807) is 16.0 Å². The number of aromatic nitrogens is 3. The molecule has 0 radical (unpaired) electrons. The summed E-state index contributed by atoms with van der Waals surface area (Å²) in [7, 11) is 1.90. The first kappa shape index (κ1) is 16.5. The van der Waals surface area contributed by atoms with Gasteiger partial charge in [0.05, 0.1) is 22.9 Å². The van der Waals surface area contributed by atoms with Gasteiger partial charge in [-0.25, -0.2) is 9.78 Å². The van der Waals surface area contributed by atoms with Gasteiger partial charge in [-0.1, -0.05) is 6.92 Å². The normalized spacial score (nSPS) is 12.1. The number of carbonyl (C=O) groups excluding carboxylic acids is 1. The van der Waals surface area contributed by atoms with Crippen LogP contribution in [0.15, 0.2) is 17.8 Å². The zero-order chi connectivity index (χ0) is 15.9. The first-order chi connectivity index (χ1) is 10.6. The predicted octanol–water partition coefficient (Wildman–Crippen LogP) is 2.43. The summed E-state index contributed by atoms with van der Waals surface area (Å²) < 4.78 is 1.79. The molecule has 2 heterocycles. The van der Waals surface area contributed by atoms with Gasteiger partial charge in [0.1, 0.15) is 0 Å². The monoisotopic (exact) mass is 321 g/mol. The number of hydrogen-bond acceptors (Lipinski definition) is 4. The van der Waals surface area contributed by atoms with Crippen molar-refractivity contribution >= 4 is 17.4 Å². The van der Waals surface area contributed by atoms with Crippen molar-refractivity contribution in [3.8, 4) is 0 Å². The molecule has 0 saturated heterocycles. The summed E-state index contributed by atoms with van der Waals surface area (Å²) in [5, 5.41) is 13.0. The van der Waals surface area contributed by atoms with E-state index in [1.165, 1.54) is 5.56 Å². The molecule has 0 aliphatic carbocycles. The molecule has 7 heteroatoms. The Bertz CT molecular complexity index is 607. The second kappa shape index (κ2) is 7.93. The first-order valence-corrected chi connectivity index (χ1v) is 8.42. The molecule has 2 N–H and O–H groups in total. The van der Waals surface area contributed by atoms with Gasteiger partial charge < -0.3 is 10.6 Å². The molecule has 0 unspecified atom stereocenters. The Hall–Kier alpha value is -1.89. The lowest BCUT2D eigenvalue weighted by molar-refractivity contribution is 0.237. The molecular formula is C15H23N5OS. The highest BCUT2D eigenvalue weighted by molar-refractivity contribution is 7.09. The number of nitrogens with zero attached hydrogens (tertiary/aromatic N) is 3. The van der Waals surface area contributed by atoms with E-state index in [-0.39, 0.29) is 12.1 Å². The van der Waals surface area contributed by atoms with Gasteiger partial charge in [-0.05, 0) is 31.7 Å². The summed E-state index contributed by atoms with van der Waals surface area (Å²) in [6, 6.07) is -0.223. The van der Waals surface area contributed by atoms with Crippen molar-refractivity contribution in [2.24, 2.45) is 7.05 Å². The van der Waals surface area contributed by atoms with Gasteiger partial charge >= 0.3 is 6.03 Å². The van der Waals surface area contributed by atoms with Crippen molar-refractivity contribution < 1.29 is 4.79 Å². The predicted molar refractivity (Wildman–Crippen MR) is 88.0 cm³/mol. The number of rotatable bonds is 7. The Morgan fingerprint density at radius 1 is 1.50 bits per heavy atom. The number of thiazole rings is 1. The third kappa shape index (κ3) is 4.84. The molecule has 2 amide bonds. The number of carbonyl (C=O) groups is 1. The van der Waals surface area contributed by atoms with Crippen LogP contribution >= 0.6 is 11.3 Å². The molecule has 0 fully saturated rings. The fraction of sp³-hybridized carbons (Fsp3) is 0.533. The van der Waals surface area contributed by atoms with E-state index in [2.05, 4.69) is 27.6 Å². The molecule has 2 aromatic rings. The van der Waals surface area contributed by atoms with E-state index in [9.17, 15) is 4.79 Å². The van der Waals surface area contributed by atoms with E-state index in [0.717, 1.165) is 30.0 Å². The smallest absolute Gasteiger partial charge is 0.315 e.